The molecule has 0 saturated heterocycles. The quantitative estimate of drug-likeness (QED) is 0.692. The number of hydrogen-bond acceptors (Lipinski definition) is 3. The molecule has 0 aromatic carbocycles. The zero-order valence-corrected chi connectivity index (χ0v) is 14.8. The number of hydrogen-bond donors (Lipinski definition) is 1. The standard InChI is InChI=1S/C18H35N3/c1-16-9-8-11-18(13-16,21(4)5)15-20-12-7-6-10-17(2,3)14-19/h16,20H,6-13,15H2,1-5H3. The van der Waals surface area contributed by atoms with Gasteiger partial charge in [0.2, 0.25) is 0 Å². The van der Waals surface area contributed by atoms with Crippen LogP contribution < -0.4 is 5.32 Å². The van der Waals surface area contributed by atoms with E-state index in [1.54, 1.807) is 0 Å². The van der Waals surface area contributed by atoms with E-state index < -0.39 is 0 Å². The minimum Gasteiger partial charge on any atom is -0.315 e. The van der Waals surface area contributed by atoms with E-state index in [2.05, 4.69) is 37.3 Å². The lowest BCUT2D eigenvalue weighted by Gasteiger charge is -2.45. The van der Waals surface area contributed by atoms with Gasteiger partial charge < -0.3 is 10.2 Å². The van der Waals surface area contributed by atoms with Crippen molar-refractivity contribution in [2.45, 2.75) is 71.3 Å². The lowest BCUT2D eigenvalue weighted by atomic mass is 9.75. The maximum atomic E-state index is 9.02. The molecule has 1 N–H and O–H groups in total. The summed E-state index contributed by atoms with van der Waals surface area (Å²) >= 11 is 0. The Morgan fingerprint density at radius 1 is 1.33 bits per heavy atom. The van der Waals surface area contributed by atoms with Crippen LogP contribution in [-0.2, 0) is 0 Å². The molecular weight excluding hydrogens is 258 g/mol. The van der Waals surface area contributed by atoms with Crippen LogP contribution in [0.15, 0.2) is 0 Å². The summed E-state index contributed by atoms with van der Waals surface area (Å²) in [6.45, 7) is 8.63. The second-order valence-electron chi connectivity index (χ2n) is 7.95. The third-order valence-electron chi connectivity index (χ3n) is 5.18. The highest BCUT2D eigenvalue weighted by atomic mass is 15.2. The summed E-state index contributed by atoms with van der Waals surface area (Å²) in [5.41, 5.74) is 0.188. The van der Waals surface area contributed by atoms with Crippen molar-refractivity contribution in [3.63, 3.8) is 0 Å². The van der Waals surface area contributed by atoms with Gasteiger partial charge in [0.25, 0.3) is 0 Å². The number of rotatable bonds is 8. The molecular formula is C18H35N3. The average molecular weight is 293 g/mol. The van der Waals surface area contributed by atoms with E-state index in [0.717, 1.165) is 31.8 Å². The van der Waals surface area contributed by atoms with Gasteiger partial charge >= 0.3 is 0 Å². The summed E-state index contributed by atoms with van der Waals surface area (Å²) in [6.07, 6.45) is 8.69. The van der Waals surface area contributed by atoms with Crippen molar-refractivity contribution in [3.05, 3.63) is 0 Å². The van der Waals surface area contributed by atoms with Gasteiger partial charge in [-0.15, -0.1) is 0 Å². The number of nitrogens with zero attached hydrogens (tertiary/aromatic N) is 2. The Bertz CT molecular complexity index is 343. The highest BCUT2D eigenvalue weighted by Crippen LogP contribution is 2.35. The van der Waals surface area contributed by atoms with Crippen LogP contribution in [0.5, 0.6) is 0 Å². The number of unbranched alkanes of at least 4 members (excludes halogenated alkanes) is 1. The molecule has 0 heterocycles. The van der Waals surface area contributed by atoms with Gasteiger partial charge in [0.15, 0.2) is 0 Å². The number of nitrogens with one attached hydrogen (secondary N) is 1. The third-order valence-corrected chi connectivity index (χ3v) is 5.18. The first kappa shape index (κ1) is 18.5. The van der Waals surface area contributed by atoms with Crippen molar-refractivity contribution in [1.82, 2.24) is 10.2 Å². The number of nitriles is 1. The average Bonchev–Trinajstić information content (AvgIpc) is 2.42. The molecule has 1 rings (SSSR count). The van der Waals surface area contributed by atoms with E-state index >= 15 is 0 Å². The van der Waals surface area contributed by atoms with Crippen LogP contribution in [0.25, 0.3) is 0 Å². The first-order valence-electron chi connectivity index (χ1n) is 8.61. The van der Waals surface area contributed by atoms with E-state index in [1.807, 2.05) is 13.8 Å². The molecule has 0 bridgehead atoms. The van der Waals surface area contributed by atoms with Gasteiger partial charge in [0.05, 0.1) is 11.5 Å². The predicted octanol–water partition coefficient (Wildman–Crippen LogP) is 3.81. The highest BCUT2D eigenvalue weighted by Gasteiger charge is 2.36. The highest BCUT2D eigenvalue weighted by molar-refractivity contribution is 4.94. The lowest BCUT2D eigenvalue weighted by Crippen LogP contribution is -2.54. The largest absolute Gasteiger partial charge is 0.315 e. The molecule has 0 spiro atoms. The van der Waals surface area contributed by atoms with E-state index in [1.165, 1.54) is 32.1 Å². The Kier molecular flexibility index (Phi) is 7.16. The minimum absolute atomic E-state index is 0.163. The Hall–Kier alpha value is -0.590. The van der Waals surface area contributed by atoms with Gasteiger partial charge in [0.1, 0.15) is 0 Å². The van der Waals surface area contributed by atoms with E-state index in [-0.39, 0.29) is 5.41 Å². The molecule has 3 nitrogen and oxygen atoms in total. The maximum absolute atomic E-state index is 9.02. The molecule has 2 unspecified atom stereocenters. The van der Waals surface area contributed by atoms with Crippen molar-refractivity contribution in [3.8, 4) is 6.07 Å². The van der Waals surface area contributed by atoms with Crippen molar-refractivity contribution in [1.29, 1.82) is 5.26 Å². The van der Waals surface area contributed by atoms with Crippen molar-refractivity contribution in [2.24, 2.45) is 11.3 Å². The van der Waals surface area contributed by atoms with E-state index in [9.17, 15) is 0 Å². The molecule has 0 amide bonds. The molecule has 0 aromatic rings. The molecule has 1 aliphatic rings. The van der Waals surface area contributed by atoms with Gasteiger partial charge in [-0.05, 0) is 66.1 Å². The molecule has 1 aliphatic carbocycles. The molecule has 122 valence electrons. The number of likely N-dealkylation sites (N-methyl/N-ethyl adjacent to an activating group) is 1. The Labute approximate surface area is 132 Å². The van der Waals surface area contributed by atoms with Crippen LogP contribution in [0.2, 0.25) is 0 Å². The maximum Gasteiger partial charge on any atom is 0.0683 e. The summed E-state index contributed by atoms with van der Waals surface area (Å²) in [6, 6.07) is 2.38. The first-order valence-corrected chi connectivity index (χ1v) is 8.61. The summed E-state index contributed by atoms with van der Waals surface area (Å²) in [4.78, 5) is 2.44. The monoisotopic (exact) mass is 293 g/mol. The van der Waals surface area contributed by atoms with Crippen LogP contribution in [0.3, 0.4) is 0 Å². The molecule has 0 aliphatic heterocycles. The second-order valence-corrected chi connectivity index (χ2v) is 7.95. The summed E-state index contributed by atoms with van der Waals surface area (Å²) in [5.74, 6) is 0.847. The fraction of sp³-hybridized carbons (Fsp3) is 0.944. The van der Waals surface area contributed by atoms with Gasteiger partial charge in [0, 0.05) is 12.1 Å². The molecule has 1 fully saturated rings. The van der Waals surface area contributed by atoms with Crippen LogP contribution in [0.1, 0.15) is 65.7 Å². The van der Waals surface area contributed by atoms with Crippen molar-refractivity contribution < 1.29 is 0 Å². The van der Waals surface area contributed by atoms with Crippen LogP contribution in [0, 0.1) is 22.7 Å². The van der Waals surface area contributed by atoms with E-state index in [4.69, 9.17) is 5.26 Å². The van der Waals surface area contributed by atoms with Crippen LogP contribution >= 0.6 is 0 Å². The molecule has 21 heavy (non-hydrogen) atoms. The van der Waals surface area contributed by atoms with Gasteiger partial charge in [-0.1, -0.05) is 26.2 Å². The SMILES string of the molecule is CC1CCCC(CNCCCCC(C)(C)C#N)(N(C)C)C1. The van der Waals surface area contributed by atoms with Gasteiger partial charge in [-0.25, -0.2) is 0 Å². The molecule has 0 radical (unpaired) electrons. The topological polar surface area (TPSA) is 39.1 Å². The molecule has 0 aromatic heterocycles. The predicted molar refractivity (Wildman–Crippen MR) is 90.2 cm³/mol. The fourth-order valence-corrected chi connectivity index (χ4v) is 3.55. The smallest absolute Gasteiger partial charge is 0.0683 e. The minimum atomic E-state index is -0.163. The normalized spacial score (nSPS) is 26.8. The first-order chi connectivity index (χ1) is 9.81. The zero-order valence-electron chi connectivity index (χ0n) is 14.8. The summed E-state index contributed by atoms with van der Waals surface area (Å²) < 4.78 is 0. The Morgan fingerprint density at radius 3 is 2.62 bits per heavy atom. The van der Waals surface area contributed by atoms with Gasteiger partial charge in [-0.2, -0.15) is 5.26 Å². The molecule has 2 atom stereocenters. The molecule has 3 heteroatoms. The Balaban J connectivity index is 2.28. The summed E-state index contributed by atoms with van der Waals surface area (Å²) in [5, 5.41) is 12.7. The van der Waals surface area contributed by atoms with Crippen molar-refractivity contribution >= 4 is 0 Å². The Morgan fingerprint density at radius 2 is 2.05 bits per heavy atom. The third kappa shape index (κ3) is 5.96. The summed E-state index contributed by atoms with van der Waals surface area (Å²) in [7, 11) is 4.46. The molecule has 1 saturated carbocycles. The van der Waals surface area contributed by atoms with Crippen molar-refractivity contribution in [2.75, 3.05) is 27.2 Å². The zero-order chi connectivity index (χ0) is 15.9. The lowest BCUT2D eigenvalue weighted by molar-refractivity contribution is 0.0753. The van der Waals surface area contributed by atoms with E-state index in [0.29, 0.717) is 5.54 Å². The fourth-order valence-electron chi connectivity index (χ4n) is 3.55. The van der Waals surface area contributed by atoms with Gasteiger partial charge in [-0.3, -0.25) is 0 Å². The second kappa shape index (κ2) is 8.15. The van der Waals surface area contributed by atoms with Crippen LogP contribution in [0.4, 0.5) is 0 Å². The van der Waals surface area contributed by atoms with Crippen LogP contribution in [-0.4, -0.2) is 37.6 Å².